The van der Waals surface area contributed by atoms with Crippen LogP contribution < -0.4 is 14.4 Å². The van der Waals surface area contributed by atoms with Crippen molar-refractivity contribution in [2.75, 3.05) is 43.9 Å². The first-order chi connectivity index (χ1) is 18.9. The molecule has 0 saturated carbocycles. The lowest BCUT2D eigenvalue weighted by Gasteiger charge is -2.35. The van der Waals surface area contributed by atoms with Crippen LogP contribution in [0.4, 0.5) is 19.0 Å². The third-order valence-corrected chi connectivity index (χ3v) is 7.58. The molecular formula is C26H28F3N5O5S. The van der Waals surface area contributed by atoms with E-state index in [-0.39, 0.29) is 11.4 Å². The van der Waals surface area contributed by atoms with Gasteiger partial charge < -0.3 is 14.7 Å². The van der Waals surface area contributed by atoms with E-state index in [4.69, 9.17) is 4.74 Å². The molecule has 1 saturated heterocycles. The van der Waals surface area contributed by atoms with Gasteiger partial charge in [0.2, 0.25) is 10.0 Å². The molecule has 14 heteroatoms. The van der Waals surface area contributed by atoms with Gasteiger partial charge >= 0.3 is 6.18 Å². The Labute approximate surface area is 229 Å². The minimum absolute atomic E-state index is 0.189. The summed E-state index contributed by atoms with van der Waals surface area (Å²) >= 11 is 0. The Morgan fingerprint density at radius 1 is 1.02 bits per heavy atom. The minimum atomic E-state index is -4.66. The second kappa shape index (κ2) is 12.1. The van der Waals surface area contributed by atoms with Crippen molar-refractivity contribution in [1.82, 2.24) is 19.8 Å². The number of carbonyl (C=O) groups excluding carboxylic acids is 1. The van der Waals surface area contributed by atoms with Crippen LogP contribution in [0.2, 0.25) is 0 Å². The third-order valence-electron chi connectivity index (χ3n) is 6.34. The highest BCUT2D eigenvalue weighted by atomic mass is 32.2. The van der Waals surface area contributed by atoms with Gasteiger partial charge in [0.05, 0.1) is 19.3 Å². The predicted molar refractivity (Wildman–Crippen MR) is 142 cm³/mol. The molecule has 3 aromatic rings. The second-order valence-electron chi connectivity index (χ2n) is 9.23. The lowest BCUT2D eigenvalue weighted by Crippen LogP contribution is -2.46. The number of hydrogen-bond donors (Lipinski definition) is 2. The number of phenols is 1. The molecule has 1 amide bonds. The van der Waals surface area contributed by atoms with Crippen LogP contribution >= 0.6 is 0 Å². The molecule has 0 radical (unpaired) electrons. The number of sulfonamides is 1. The summed E-state index contributed by atoms with van der Waals surface area (Å²) in [6, 6.07) is 15.7. The Balaban J connectivity index is 1.32. The maximum absolute atomic E-state index is 12.3. The molecule has 2 N–H and O–H groups in total. The highest BCUT2D eigenvalue weighted by Crippen LogP contribution is 2.30. The maximum atomic E-state index is 12.3. The van der Waals surface area contributed by atoms with Crippen molar-refractivity contribution in [2.24, 2.45) is 0 Å². The topological polar surface area (TPSA) is 125 Å². The van der Waals surface area contributed by atoms with Crippen LogP contribution in [0.25, 0.3) is 11.1 Å². The molecule has 214 valence electrons. The van der Waals surface area contributed by atoms with Gasteiger partial charge in [0.25, 0.3) is 5.91 Å². The molecule has 0 spiro atoms. The Kier molecular flexibility index (Phi) is 8.79. The fourth-order valence-electron chi connectivity index (χ4n) is 4.23. The predicted octanol–water partition coefficient (Wildman–Crippen LogP) is 3.19. The fourth-order valence-corrected chi connectivity index (χ4v) is 5.22. The summed E-state index contributed by atoms with van der Waals surface area (Å²) in [5.41, 5.74) is 2.50. The molecule has 0 atom stereocenters. The van der Waals surface area contributed by atoms with Crippen molar-refractivity contribution >= 4 is 21.7 Å². The van der Waals surface area contributed by atoms with Crippen LogP contribution in [0.15, 0.2) is 54.6 Å². The molecule has 2 heterocycles. The molecule has 10 nitrogen and oxygen atoms in total. The Hall–Kier alpha value is -3.91. The van der Waals surface area contributed by atoms with Crippen molar-refractivity contribution < 1.29 is 36.2 Å². The number of methoxy groups -OCH3 is 1. The first-order valence-electron chi connectivity index (χ1n) is 12.3. The Bertz CT molecular complexity index is 1440. The minimum Gasteiger partial charge on any atom is -0.508 e. The molecule has 0 bridgehead atoms. The molecule has 0 unspecified atom stereocenters. The highest BCUT2D eigenvalue weighted by Gasteiger charge is 2.31. The number of hydrogen-bond acceptors (Lipinski definition) is 9. The van der Waals surface area contributed by atoms with Gasteiger partial charge in [-0.05, 0) is 41.5 Å². The van der Waals surface area contributed by atoms with E-state index in [1.54, 1.807) is 30.0 Å². The number of ether oxygens (including phenoxy) is 1. The van der Waals surface area contributed by atoms with Gasteiger partial charge in [-0.1, -0.05) is 24.3 Å². The molecule has 40 heavy (non-hydrogen) atoms. The normalized spacial score (nSPS) is 14.7. The van der Waals surface area contributed by atoms with Crippen LogP contribution in [0.1, 0.15) is 22.5 Å². The zero-order valence-electron chi connectivity index (χ0n) is 21.6. The largest absolute Gasteiger partial charge is 0.508 e. The molecular weight excluding hydrogens is 551 g/mol. The van der Waals surface area contributed by atoms with E-state index in [0.29, 0.717) is 38.5 Å². The van der Waals surface area contributed by atoms with Gasteiger partial charge in [-0.3, -0.25) is 9.69 Å². The van der Waals surface area contributed by atoms with Gasteiger partial charge in [0, 0.05) is 38.3 Å². The smallest absolute Gasteiger partial charge is 0.390 e. The van der Waals surface area contributed by atoms with E-state index in [1.807, 2.05) is 29.2 Å². The molecule has 1 aliphatic heterocycles. The quantitative estimate of drug-likeness (QED) is 0.393. The standard InChI is InChI=1S/C26H28F3N5O5S/c1-39-23-16-19(18-3-2-4-21(35)15-18)5-6-20(23)17-33-10-12-34(13-11-33)24-8-7-22(30-31-24)25(36)32-40(37,38)14-9-26(27,28)29/h2-8,15-16,35H,9-14,17H2,1H3,(H,32,36). The third kappa shape index (κ3) is 7.82. The molecule has 1 fully saturated rings. The van der Waals surface area contributed by atoms with Gasteiger partial charge in [0.1, 0.15) is 11.5 Å². The molecule has 1 aliphatic rings. The first-order valence-corrected chi connectivity index (χ1v) is 14.0. The average Bonchev–Trinajstić information content (AvgIpc) is 2.92. The molecule has 2 aromatic carbocycles. The number of aromatic nitrogens is 2. The molecule has 0 aliphatic carbocycles. The van der Waals surface area contributed by atoms with Crippen molar-refractivity contribution in [3.8, 4) is 22.6 Å². The van der Waals surface area contributed by atoms with Crippen molar-refractivity contribution in [2.45, 2.75) is 19.1 Å². The number of halogens is 3. The van der Waals surface area contributed by atoms with Crippen molar-refractivity contribution in [3.05, 3.63) is 65.9 Å². The van der Waals surface area contributed by atoms with E-state index in [9.17, 15) is 31.5 Å². The summed E-state index contributed by atoms with van der Waals surface area (Å²) in [5.74, 6) is -0.984. The number of nitrogens with one attached hydrogen (secondary N) is 1. The summed E-state index contributed by atoms with van der Waals surface area (Å²) in [5, 5.41) is 17.5. The number of nitrogens with zero attached hydrogens (tertiary/aromatic N) is 4. The number of anilines is 1. The summed E-state index contributed by atoms with van der Waals surface area (Å²) in [6.45, 7) is 3.31. The van der Waals surface area contributed by atoms with Gasteiger partial charge in [-0.15, -0.1) is 10.2 Å². The first kappa shape index (κ1) is 29.1. The van der Waals surface area contributed by atoms with Gasteiger partial charge in [-0.2, -0.15) is 13.2 Å². The lowest BCUT2D eigenvalue weighted by molar-refractivity contribution is -0.130. The summed E-state index contributed by atoms with van der Waals surface area (Å²) in [4.78, 5) is 16.4. The van der Waals surface area contributed by atoms with Gasteiger partial charge in [-0.25, -0.2) is 13.1 Å². The van der Waals surface area contributed by atoms with Crippen LogP contribution in [-0.4, -0.2) is 79.7 Å². The number of piperazine rings is 1. The fraction of sp³-hybridized carbons (Fsp3) is 0.346. The number of benzene rings is 2. The molecule has 4 rings (SSSR count). The number of alkyl halides is 3. The highest BCUT2D eigenvalue weighted by molar-refractivity contribution is 7.90. The van der Waals surface area contributed by atoms with E-state index in [2.05, 4.69) is 15.1 Å². The van der Waals surface area contributed by atoms with Crippen molar-refractivity contribution in [3.63, 3.8) is 0 Å². The summed E-state index contributed by atoms with van der Waals surface area (Å²) in [7, 11) is -2.86. The van der Waals surface area contributed by atoms with Crippen LogP contribution in [-0.2, 0) is 16.6 Å². The SMILES string of the molecule is COc1cc(-c2cccc(O)c2)ccc1CN1CCN(c2ccc(C(=O)NS(=O)(=O)CCC(F)(F)F)nn2)CC1. The zero-order chi connectivity index (χ0) is 28.9. The molecule has 1 aromatic heterocycles. The number of rotatable bonds is 9. The Morgan fingerprint density at radius 2 is 1.75 bits per heavy atom. The van der Waals surface area contributed by atoms with E-state index < -0.39 is 34.3 Å². The number of carbonyl (C=O) groups is 1. The second-order valence-corrected chi connectivity index (χ2v) is 11.1. The number of aromatic hydroxyl groups is 1. The van der Waals surface area contributed by atoms with E-state index in [1.165, 1.54) is 12.1 Å². The van der Waals surface area contributed by atoms with Crippen molar-refractivity contribution in [1.29, 1.82) is 0 Å². The van der Waals surface area contributed by atoms with Crippen LogP contribution in [0.5, 0.6) is 11.5 Å². The lowest BCUT2D eigenvalue weighted by atomic mass is 10.0. The zero-order valence-corrected chi connectivity index (χ0v) is 22.4. The number of amides is 1. The van der Waals surface area contributed by atoms with E-state index in [0.717, 1.165) is 22.4 Å². The Morgan fingerprint density at radius 3 is 2.38 bits per heavy atom. The average molecular weight is 580 g/mol. The monoisotopic (exact) mass is 579 g/mol. The van der Waals surface area contributed by atoms with Crippen LogP contribution in [0.3, 0.4) is 0 Å². The summed E-state index contributed by atoms with van der Waals surface area (Å²) in [6.07, 6.45) is -6.22. The number of phenolic OH excluding ortho intramolecular Hbond substituents is 1. The maximum Gasteiger partial charge on any atom is 0.390 e. The van der Waals surface area contributed by atoms with E-state index >= 15 is 0 Å². The van der Waals surface area contributed by atoms with Gasteiger partial charge in [0.15, 0.2) is 11.5 Å². The van der Waals surface area contributed by atoms with Crippen LogP contribution in [0, 0.1) is 0 Å². The summed E-state index contributed by atoms with van der Waals surface area (Å²) < 4.78 is 67.6.